The zero-order valence-corrected chi connectivity index (χ0v) is 31.7. The van der Waals surface area contributed by atoms with E-state index in [2.05, 4.69) is 190 Å². The molecular formula is C47H46BrN2P. The number of anilines is 3. The predicted molar refractivity (Wildman–Crippen MR) is 228 cm³/mol. The Morgan fingerprint density at radius 2 is 0.863 bits per heavy atom. The van der Waals surface area contributed by atoms with Crippen LogP contribution in [-0.4, -0.2) is 16.5 Å². The van der Waals surface area contributed by atoms with Crippen molar-refractivity contribution in [3.63, 3.8) is 0 Å². The van der Waals surface area contributed by atoms with Crippen LogP contribution in [0.25, 0.3) is 11.3 Å². The van der Waals surface area contributed by atoms with E-state index < -0.39 is 7.26 Å². The molecule has 0 bridgehead atoms. The van der Waals surface area contributed by atoms with Crippen molar-refractivity contribution in [1.29, 1.82) is 0 Å². The minimum atomic E-state index is -2.00. The van der Waals surface area contributed by atoms with E-state index in [-0.39, 0.29) is 0 Å². The molecule has 7 aromatic rings. The van der Waals surface area contributed by atoms with Crippen molar-refractivity contribution in [2.75, 3.05) is 16.4 Å². The Morgan fingerprint density at radius 1 is 0.431 bits per heavy atom. The molecular weight excluding hydrogens is 703 g/mol. The topological polar surface area (TPSA) is 16.1 Å². The van der Waals surface area contributed by atoms with Gasteiger partial charge in [-0.2, -0.15) is 0 Å². The van der Waals surface area contributed by atoms with Gasteiger partial charge in [0.25, 0.3) is 0 Å². The molecule has 256 valence electrons. The van der Waals surface area contributed by atoms with E-state index in [9.17, 15) is 0 Å². The number of aromatic nitrogens is 1. The summed E-state index contributed by atoms with van der Waals surface area (Å²) in [6.45, 7) is 0. The molecule has 1 heterocycles. The summed E-state index contributed by atoms with van der Waals surface area (Å²) in [5.41, 5.74) is 5.43. The second-order valence-corrected chi connectivity index (χ2v) is 17.4. The van der Waals surface area contributed by atoms with Crippen molar-refractivity contribution in [1.82, 2.24) is 4.98 Å². The van der Waals surface area contributed by atoms with E-state index in [1.165, 1.54) is 47.8 Å². The largest absolute Gasteiger partial charge is 0.310 e. The fourth-order valence-electron chi connectivity index (χ4n) is 6.93. The first-order chi connectivity index (χ1) is 25.3. The first kappa shape index (κ1) is 36.0. The Morgan fingerprint density at radius 3 is 1.33 bits per heavy atom. The number of unbranched alkanes of at least 4 members (excludes halogenated alkanes) is 3. The minimum absolute atomic E-state index is 0.968. The standard InChI is InChI=1S/C24H28BrP.C23H18N2/c25-20-12-1-2-13-21-26(22-14-6-3-7-15-22,23-16-8-4-9-17-23)24-18-10-5-11-19-24;1-3-11-19(12-4-1)25(20-13-5-2-6-14-20)23-17-8-7-15-21(23)22-16-9-10-18-24-22/h3-11,14-19,26H,1-2,12-13,20-21H2;1-18H. The van der Waals surface area contributed by atoms with Crippen LogP contribution in [0.5, 0.6) is 0 Å². The maximum Gasteiger partial charge on any atom is 0.0723 e. The van der Waals surface area contributed by atoms with Crippen molar-refractivity contribution < 1.29 is 0 Å². The summed E-state index contributed by atoms with van der Waals surface area (Å²) in [4.78, 5) is 6.82. The van der Waals surface area contributed by atoms with Gasteiger partial charge in [-0.25, -0.2) is 0 Å². The number of nitrogens with zero attached hydrogens (tertiary/aromatic N) is 2. The number of hydrogen-bond donors (Lipinski definition) is 0. The maximum atomic E-state index is 4.55. The molecule has 0 saturated heterocycles. The molecule has 0 N–H and O–H groups in total. The summed E-state index contributed by atoms with van der Waals surface area (Å²) < 4.78 is 0. The van der Waals surface area contributed by atoms with E-state index >= 15 is 0 Å². The molecule has 51 heavy (non-hydrogen) atoms. The molecule has 0 aliphatic rings. The average Bonchev–Trinajstić information content (AvgIpc) is 3.22. The third kappa shape index (κ3) is 9.11. The Balaban J connectivity index is 0.000000176. The SMILES string of the molecule is BrCCCCCC[PH](c1ccccc1)(c1ccccc1)c1ccccc1.c1ccc(N(c2ccccc2)c2ccccc2-c2ccccn2)cc1. The van der Waals surface area contributed by atoms with Gasteiger partial charge in [0.05, 0.1) is 11.4 Å². The smallest absolute Gasteiger partial charge is 0.0723 e. The van der Waals surface area contributed by atoms with Crippen LogP contribution in [0.15, 0.2) is 200 Å². The summed E-state index contributed by atoms with van der Waals surface area (Å²) in [6, 6.07) is 69.0. The molecule has 0 radical (unpaired) electrons. The molecule has 0 fully saturated rings. The monoisotopic (exact) mass is 748 g/mol. The van der Waals surface area contributed by atoms with Gasteiger partial charge in [-0.15, -0.1) is 0 Å². The van der Waals surface area contributed by atoms with Gasteiger partial charge < -0.3 is 4.90 Å². The minimum Gasteiger partial charge on any atom is -0.310 e. The van der Waals surface area contributed by atoms with E-state index in [1.807, 2.05) is 36.5 Å². The van der Waals surface area contributed by atoms with Crippen LogP contribution in [0.4, 0.5) is 17.1 Å². The van der Waals surface area contributed by atoms with Crippen LogP contribution >= 0.6 is 23.2 Å². The average molecular weight is 750 g/mol. The quantitative estimate of drug-likeness (QED) is 0.0663. The second-order valence-electron chi connectivity index (χ2n) is 12.6. The zero-order chi connectivity index (χ0) is 35.0. The van der Waals surface area contributed by atoms with Crippen molar-refractivity contribution in [3.05, 3.63) is 200 Å². The van der Waals surface area contributed by atoms with Gasteiger partial charge in [0.2, 0.25) is 0 Å². The van der Waals surface area contributed by atoms with Crippen molar-refractivity contribution in [3.8, 4) is 11.3 Å². The van der Waals surface area contributed by atoms with E-state index in [0.717, 1.165) is 33.6 Å². The molecule has 0 atom stereocenters. The summed E-state index contributed by atoms with van der Waals surface area (Å²) in [6.07, 6.45) is 8.30. The summed E-state index contributed by atoms with van der Waals surface area (Å²) in [5.74, 6) is 0. The third-order valence-corrected chi connectivity index (χ3v) is 15.0. The Bertz CT molecular complexity index is 1860. The van der Waals surface area contributed by atoms with Gasteiger partial charge in [-0.05, 0) is 42.5 Å². The molecule has 0 spiro atoms. The van der Waals surface area contributed by atoms with Crippen LogP contribution in [0.3, 0.4) is 0 Å². The normalized spacial score (nSPS) is 11.2. The van der Waals surface area contributed by atoms with Gasteiger partial charge in [0.1, 0.15) is 0 Å². The van der Waals surface area contributed by atoms with Gasteiger partial charge in [0.15, 0.2) is 0 Å². The Hall–Kier alpha value is -4.82. The van der Waals surface area contributed by atoms with Crippen molar-refractivity contribution >= 4 is 56.2 Å². The Kier molecular flexibility index (Phi) is 13.4. The predicted octanol–water partition coefficient (Wildman–Crippen LogP) is 11.9. The summed E-state index contributed by atoms with van der Waals surface area (Å²) >= 11 is 3.56. The fraction of sp³-hybridized carbons (Fsp3) is 0.128. The third-order valence-electron chi connectivity index (χ3n) is 9.35. The number of halogens is 1. The van der Waals surface area contributed by atoms with Crippen molar-refractivity contribution in [2.24, 2.45) is 0 Å². The number of rotatable bonds is 13. The molecule has 1 aromatic heterocycles. The number of hydrogen-bond acceptors (Lipinski definition) is 2. The van der Waals surface area contributed by atoms with Gasteiger partial charge in [-0.1, -0.05) is 60.7 Å². The number of alkyl halides is 1. The second kappa shape index (κ2) is 19.0. The van der Waals surface area contributed by atoms with E-state index in [1.54, 1.807) is 0 Å². The molecule has 0 aliphatic heterocycles. The molecule has 0 unspecified atom stereocenters. The number of pyridine rings is 1. The zero-order valence-electron chi connectivity index (χ0n) is 29.1. The number of benzene rings is 6. The van der Waals surface area contributed by atoms with E-state index in [4.69, 9.17) is 0 Å². The van der Waals surface area contributed by atoms with Crippen molar-refractivity contribution in [2.45, 2.75) is 25.7 Å². The molecule has 4 heteroatoms. The van der Waals surface area contributed by atoms with E-state index in [0.29, 0.717) is 0 Å². The van der Waals surface area contributed by atoms with Crippen LogP contribution in [0.1, 0.15) is 25.7 Å². The fourth-order valence-corrected chi connectivity index (χ4v) is 12.3. The Labute approximate surface area is 313 Å². The molecule has 0 saturated carbocycles. The van der Waals surface area contributed by atoms with Crippen LogP contribution in [0, 0.1) is 0 Å². The molecule has 7 rings (SSSR count). The maximum absolute atomic E-state index is 4.55. The molecule has 0 amide bonds. The van der Waals surface area contributed by atoms with Gasteiger partial charge in [0, 0.05) is 23.1 Å². The van der Waals surface area contributed by atoms with Crippen LogP contribution in [0.2, 0.25) is 0 Å². The summed E-state index contributed by atoms with van der Waals surface area (Å²) in [7, 11) is -2.00. The first-order valence-electron chi connectivity index (χ1n) is 17.9. The molecule has 0 aliphatic carbocycles. The molecule has 6 aromatic carbocycles. The number of para-hydroxylation sites is 3. The van der Waals surface area contributed by atoms with Crippen LogP contribution in [-0.2, 0) is 0 Å². The van der Waals surface area contributed by atoms with Gasteiger partial charge in [-0.3, -0.25) is 4.98 Å². The molecule has 2 nitrogen and oxygen atoms in total. The summed E-state index contributed by atoms with van der Waals surface area (Å²) in [5, 5.41) is 5.69. The first-order valence-corrected chi connectivity index (χ1v) is 21.3. The van der Waals surface area contributed by atoms with Gasteiger partial charge >= 0.3 is 167 Å². The van der Waals surface area contributed by atoms with Crippen LogP contribution < -0.4 is 20.8 Å².